The van der Waals surface area contributed by atoms with E-state index in [1.807, 2.05) is 5.48 Å². The van der Waals surface area contributed by atoms with Gasteiger partial charge in [-0.3, -0.25) is 4.84 Å². The molecule has 0 aliphatic rings. The van der Waals surface area contributed by atoms with E-state index in [4.69, 9.17) is 5.73 Å². The minimum Gasteiger partial charge on any atom is -0.368 e. The van der Waals surface area contributed by atoms with Crippen LogP contribution in [-0.4, -0.2) is 22.1 Å². The lowest BCUT2D eigenvalue weighted by molar-refractivity contribution is -0.144. The molecule has 0 aromatic carbocycles. The van der Waals surface area contributed by atoms with Crippen LogP contribution in [-0.2, 0) is 11.0 Å². The number of hydrogen-bond acceptors (Lipinski definition) is 6. The highest BCUT2D eigenvalue weighted by molar-refractivity contribution is 5.29. The van der Waals surface area contributed by atoms with Gasteiger partial charge in [-0.05, 0) is 0 Å². The van der Waals surface area contributed by atoms with Crippen LogP contribution >= 0.6 is 0 Å². The third-order valence-corrected chi connectivity index (χ3v) is 1.10. The molecule has 9 heteroatoms. The molecule has 0 aliphatic heterocycles. The standard InChI is InChI=1S/C5H6F3N5O/c1-14-13-4-11-2(5(6,7)8)10-3(9)12-4/h1H3,(H3,9,10,11,12,13). The Hall–Kier alpha value is -1.64. The summed E-state index contributed by atoms with van der Waals surface area (Å²) < 4.78 is 36.3. The highest BCUT2D eigenvalue weighted by Gasteiger charge is 2.35. The number of nitrogen functional groups attached to an aromatic ring is 1. The summed E-state index contributed by atoms with van der Waals surface area (Å²) in [6.07, 6.45) is -4.67. The Balaban J connectivity index is 3.07. The molecule has 0 atom stereocenters. The summed E-state index contributed by atoms with van der Waals surface area (Å²) >= 11 is 0. The molecule has 0 fully saturated rings. The molecule has 0 spiro atoms. The van der Waals surface area contributed by atoms with Gasteiger partial charge in [0.25, 0.3) is 5.95 Å². The second kappa shape index (κ2) is 3.62. The zero-order valence-electron chi connectivity index (χ0n) is 6.96. The second-order valence-corrected chi connectivity index (χ2v) is 2.14. The van der Waals surface area contributed by atoms with E-state index >= 15 is 0 Å². The zero-order valence-corrected chi connectivity index (χ0v) is 6.96. The Bertz CT molecular complexity index is 328. The number of nitrogens with one attached hydrogen (secondary N) is 1. The molecule has 3 N–H and O–H groups in total. The summed E-state index contributed by atoms with van der Waals surface area (Å²) in [5.41, 5.74) is 7.05. The van der Waals surface area contributed by atoms with Crippen LogP contribution in [0.1, 0.15) is 5.82 Å². The third-order valence-electron chi connectivity index (χ3n) is 1.10. The molecule has 0 radical (unpaired) electrons. The van der Waals surface area contributed by atoms with Crippen molar-refractivity contribution in [1.29, 1.82) is 0 Å². The molecule has 0 aliphatic carbocycles. The van der Waals surface area contributed by atoms with Gasteiger partial charge in [0.1, 0.15) is 0 Å². The molecular formula is C5H6F3N5O. The van der Waals surface area contributed by atoms with Gasteiger partial charge in [0.05, 0.1) is 7.11 Å². The molecular weight excluding hydrogens is 203 g/mol. The number of aromatic nitrogens is 3. The molecule has 14 heavy (non-hydrogen) atoms. The summed E-state index contributed by atoms with van der Waals surface area (Å²) in [5, 5.41) is 0. The van der Waals surface area contributed by atoms with Gasteiger partial charge in [-0.25, -0.2) is 5.48 Å². The van der Waals surface area contributed by atoms with Gasteiger partial charge in [-0.2, -0.15) is 28.1 Å². The molecule has 1 heterocycles. The largest absolute Gasteiger partial charge is 0.451 e. The van der Waals surface area contributed by atoms with Crippen LogP contribution in [0.4, 0.5) is 25.1 Å². The van der Waals surface area contributed by atoms with Gasteiger partial charge in [0, 0.05) is 0 Å². The summed E-state index contributed by atoms with van der Waals surface area (Å²) in [4.78, 5) is 13.6. The fraction of sp³-hybridized carbons (Fsp3) is 0.400. The predicted molar refractivity (Wildman–Crippen MR) is 39.9 cm³/mol. The molecule has 1 aromatic heterocycles. The van der Waals surface area contributed by atoms with Crippen LogP contribution in [0, 0.1) is 0 Å². The summed E-state index contributed by atoms with van der Waals surface area (Å²) in [5.74, 6) is -2.30. The monoisotopic (exact) mass is 209 g/mol. The lowest BCUT2D eigenvalue weighted by Crippen LogP contribution is -2.16. The number of rotatable bonds is 2. The van der Waals surface area contributed by atoms with Crippen molar-refractivity contribution in [1.82, 2.24) is 15.0 Å². The molecule has 1 rings (SSSR count). The molecule has 0 amide bonds. The van der Waals surface area contributed by atoms with Crippen molar-refractivity contribution in [2.75, 3.05) is 18.3 Å². The van der Waals surface area contributed by atoms with Gasteiger partial charge in [0.2, 0.25) is 11.8 Å². The lowest BCUT2D eigenvalue weighted by Gasteiger charge is -2.07. The van der Waals surface area contributed by atoms with Crippen LogP contribution in [0.3, 0.4) is 0 Å². The Labute approximate surface area is 76.3 Å². The Morgan fingerprint density at radius 2 is 1.93 bits per heavy atom. The SMILES string of the molecule is CONc1nc(N)nc(C(F)(F)F)n1. The maximum absolute atomic E-state index is 12.1. The number of hydrogen-bond donors (Lipinski definition) is 2. The second-order valence-electron chi connectivity index (χ2n) is 2.14. The normalized spacial score (nSPS) is 11.4. The summed E-state index contributed by atoms with van der Waals surface area (Å²) in [7, 11) is 1.20. The van der Waals surface area contributed by atoms with Crippen molar-refractivity contribution in [3.8, 4) is 0 Å². The van der Waals surface area contributed by atoms with E-state index in [9.17, 15) is 13.2 Å². The lowest BCUT2D eigenvalue weighted by atomic mass is 10.6. The van der Waals surface area contributed by atoms with E-state index in [-0.39, 0.29) is 0 Å². The predicted octanol–water partition coefficient (Wildman–Crippen LogP) is 0.446. The van der Waals surface area contributed by atoms with Gasteiger partial charge in [-0.15, -0.1) is 0 Å². The van der Waals surface area contributed by atoms with E-state index in [0.717, 1.165) is 0 Å². The first-order chi connectivity index (χ1) is 6.43. The number of anilines is 2. The number of halogens is 3. The molecule has 6 nitrogen and oxygen atoms in total. The van der Waals surface area contributed by atoms with Crippen molar-refractivity contribution >= 4 is 11.9 Å². The fourth-order valence-electron chi connectivity index (χ4n) is 0.656. The van der Waals surface area contributed by atoms with E-state index in [1.54, 1.807) is 0 Å². The summed E-state index contributed by atoms with van der Waals surface area (Å²) in [6.45, 7) is 0. The quantitative estimate of drug-likeness (QED) is 0.687. The van der Waals surface area contributed by atoms with Crippen molar-refractivity contribution in [2.24, 2.45) is 0 Å². The Morgan fingerprint density at radius 3 is 2.43 bits per heavy atom. The van der Waals surface area contributed by atoms with Gasteiger partial charge >= 0.3 is 6.18 Å². The van der Waals surface area contributed by atoms with Crippen LogP contribution in [0.15, 0.2) is 0 Å². The van der Waals surface area contributed by atoms with E-state index in [1.165, 1.54) is 7.11 Å². The van der Waals surface area contributed by atoms with Crippen LogP contribution < -0.4 is 11.2 Å². The molecule has 0 bridgehead atoms. The average Bonchev–Trinajstić information content (AvgIpc) is 2.02. The molecule has 0 unspecified atom stereocenters. The maximum atomic E-state index is 12.1. The fourth-order valence-corrected chi connectivity index (χ4v) is 0.656. The number of nitrogens with zero attached hydrogens (tertiary/aromatic N) is 3. The van der Waals surface area contributed by atoms with Gasteiger partial charge < -0.3 is 5.73 Å². The number of alkyl halides is 3. The molecule has 0 saturated heterocycles. The first kappa shape index (κ1) is 10.4. The van der Waals surface area contributed by atoms with E-state index in [0.29, 0.717) is 0 Å². The van der Waals surface area contributed by atoms with Crippen LogP contribution in [0.25, 0.3) is 0 Å². The smallest absolute Gasteiger partial charge is 0.368 e. The van der Waals surface area contributed by atoms with E-state index < -0.39 is 23.9 Å². The van der Waals surface area contributed by atoms with E-state index in [2.05, 4.69) is 19.8 Å². The molecule has 78 valence electrons. The topological polar surface area (TPSA) is 86.0 Å². The Kier molecular flexibility index (Phi) is 2.70. The average molecular weight is 209 g/mol. The third kappa shape index (κ3) is 2.42. The van der Waals surface area contributed by atoms with Crippen molar-refractivity contribution in [3.63, 3.8) is 0 Å². The summed E-state index contributed by atoms with van der Waals surface area (Å²) in [6, 6.07) is 0. The highest BCUT2D eigenvalue weighted by atomic mass is 19.4. The minimum absolute atomic E-state index is 0.396. The number of nitrogens with two attached hydrogens (primary N) is 1. The van der Waals surface area contributed by atoms with Crippen LogP contribution in [0.5, 0.6) is 0 Å². The van der Waals surface area contributed by atoms with Crippen molar-refractivity contribution in [2.45, 2.75) is 6.18 Å². The first-order valence-electron chi connectivity index (χ1n) is 3.31. The van der Waals surface area contributed by atoms with Crippen molar-refractivity contribution < 1.29 is 18.0 Å². The van der Waals surface area contributed by atoms with Crippen LogP contribution in [0.2, 0.25) is 0 Å². The zero-order chi connectivity index (χ0) is 10.8. The van der Waals surface area contributed by atoms with Gasteiger partial charge in [-0.1, -0.05) is 0 Å². The Morgan fingerprint density at radius 1 is 1.29 bits per heavy atom. The molecule has 1 aromatic rings. The minimum atomic E-state index is -4.67. The molecule has 0 saturated carbocycles. The highest BCUT2D eigenvalue weighted by Crippen LogP contribution is 2.26. The van der Waals surface area contributed by atoms with Crippen molar-refractivity contribution in [3.05, 3.63) is 5.82 Å². The first-order valence-corrected chi connectivity index (χ1v) is 3.31. The van der Waals surface area contributed by atoms with Gasteiger partial charge in [0.15, 0.2) is 0 Å². The maximum Gasteiger partial charge on any atom is 0.451 e.